The summed E-state index contributed by atoms with van der Waals surface area (Å²) in [6.45, 7) is 2.99. The molecule has 0 radical (unpaired) electrons. The van der Waals surface area contributed by atoms with E-state index in [1.807, 2.05) is 19.2 Å². The Morgan fingerprint density at radius 2 is 1.68 bits per heavy atom. The molecule has 110 valence electrons. The topological polar surface area (TPSA) is 125 Å². The van der Waals surface area contributed by atoms with Crippen LogP contribution in [0.2, 0.25) is 0 Å². The van der Waals surface area contributed by atoms with Crippen molar-refractivity contribution in [2.24, 2.45) is 5.92 Å². The molecule has 0 rings (SSSR count). The van der Waals surface area contributed by atoms with Crippen molar-refractivity contribution in [1.29, 1.82) is 0 Å². The van der Waals surface area contributed by atoms with Crippen molar-refractivity contribution in [2.75, 3.05) is 13.7 Å². The Bertz CT molecular complexity index is 331. The molecule has 0 aromatic rings. The molecule has 0 fully saturated rings. The average Bonchev–Trinajstić information content (AvgIpc) is 2.33. The van der Waals surface area contributed by atoms with Crippen LogP contribution in [-0.4, -0.2) is 54.0 Å². The van der Waals surface area contributed by atoms with Gasteiger partial charge in [-0.15, -0.1) is 0 Å². The summed E-state index contributed by atoms with van der Waals surface area (Å²) in [6.07, 6.45) is 0.358. The van der Waals surface area contributed by atoms with E-state index >= 15 is 0 Å². The quantitative estimate of drug-likeness (QED) is 0.456. The second-order valence-corrected chi connectivity index (χ2v) is 4.40. The highest BCUT2D eigenvalue weighted by molar-refractivity contribution is 5.86. The summed E-state index contributed by atoms with van der Waals surface area (Å²) in [5.41, 5.74) is 0. The Hall–Kier alpha value is -1.83. The van der Waals surface area contributed by atoms with Gasteiger partial charge in [-0.25, -0.2) is 14.4 Å². The summed E-state index contributed by atoms with van der Waals surface area (Å²) in [5.74, 6) is -1.84. The van der Waals surface area contributed by atoms with Crippen LogP contribution in [0.15, 0.2) is 0 Å². The number of rotatable bonds is 7. The molecule has 0 bridgehead atoms. The molecular formula is C11H20N2O6. The summed E-state index contributed by atoms with van der Waals surface area (Å²) < 4.78 is 4.55. The average molecular weight is 276 g/mol. The monoisotopic (exact) mass is 276 g/mol. The summed E-state index contributed by atoms with van der Waals surface area (Å²) in [4.78, 5) is 33.6. The maximum absolute atomic E-state index is 11.5. The lowest BCUT2D eigenvalue weighted by Gasteiger charge is -2.20. The molecule has 1 unspecified atom stereocenters. The van der Waals surface area contributed by atoms with Crippen LogP contribution in [0, 0.1) is 5.92 Å². The van der Waals surface area contributed by atoms with Gasteiger partial charge in [0.05, 0.1) is 13.7 Å². The van der Waals surface area contributed by atoms with Gasteiger partial charge in [-0.1, -0.05) is 13.8 Å². The molecule has 8 nitrogen and oxygen atoms in total. The molecular weight excluding hydrogens is 256 g/mol. The first-order valence-electron chi connectivity index (χ1n) is 5.80. The van der Waals surface area contributed by atoms with E-state index in [1.165, 1.54) is 7.11 Å². The van der Waals surface area contributed by atoms with Crippen LogP contribution in [-0.2, 0) is 14.3 Å². The van der Waals surface area contributed by atoms with E-state index in [0.29, 0.717) is 6.42 Å². The molecule has 0 aliphatic heterocycles. The van der Waals surface area contributed by atoms with Crippen molar-refractivity contribution in [3.05, 3.63) is 0 Å². The molecule has 2 atom stereocenters. The van der Waals surface area contributed by atoms with E-state index < -0.39 is 36.7 Å². The molecule has 0 aliphatic carbocycles. The first-order chi connectivity index (χ1) is 8.81. The molecule has 8 heteroatoms. The fraction of sp³-hybridized carbons (Fsp3) is 0.727. The number of aliphatic hydroxyl groups excluding tert-OH is 1. The van der Waals surface area contributed by atoms with Gasteiger partial charge in [-0.3, -0.25) is 0 Å². The Morgan fingerprint density at radius 1 is 1.16 bits per heavy atom. The standard InChI is InChI=1S/C11H20N2O6/c1-6(2)4-7(10(17)19-3)12-11(18)13-8(5-14)9(15)16/h6-8,14H,4-5H2,1-3H3,(H,15,16)(H2,12,13,18)/t7?,8-/m0/s1. The number of amides is 2. The van der Waals surface area contributed by atoms with Gasteiger partial charge in [0.2, 0.25) is 0 Å². The zero-order valence-corrected chi connectivity index (χ0v) is 11.2. The van der Waals surface area contributed by atoms with Crippen LogP contribution in [0.4, 0.5) is 4.79 Å². The highest BCUT2D eigenvalue weighted by atomic mass is 16.5. The van der Waals surface area contributed by atoms with Crippen LogP contribution < -0.4 is 10.6 Å². The van der Waals surface area contributed by atoms with Crippen LogP contribution in [0.3, 0.4) is 0 Å². The number of aliphatic hydroxyl groups is 1. The summed E-state index contributed by atoms with van der Waals surface area (Å²) in [7, 11) is 1.20. The molecule has 0 heterocycles. The molecule has 4 N–H and O–H groups in total. The fourth-order valence-corrected chi connectivity index (χ4v) is 1.37. The number of carbonyl (C=O) groups excluding carboxylic acids is 2. The Morgan fingerprint density at radius 3 is 2.05 bits per heavy atom. The first-order valence-corrected chi connectivity index (χ1v) is 5.80. The van der Waals surface area contributed by atoms with Gasteiger partial charge in [0.15, 0.2) is 6.04 Å². The van der Waals surface area contributed by atoms with Crippen LogP contribution in [0.5, 0.6) is 0 Å². The van der Waals surface area contributed by atoms with Gasteiger partial charge in [0.25, 0.3) is 0 Å². The van der Waals surface area contributed by atoms with E-state index in [0.717, 1.165) is 0 Å². The van der Waals surface area contributed by atoms with E-state index in [1.54, 1.807) is 0 Å². The maximum Gasteiger partial charge on any atom is 0.328 e. The normalized spacial score (nSPS) is 13.5. The lowest BCUT2D eigenvalue weighted by atomic mass is 10.0. The molecule has 0 spiro atoms. The highest BCUT2D eigenvalue weighted by Gasteiger charge is 2.25. The first kappa shape index (κ1) is 17.2. The number of carbonyl (C=O) groups is 3. The van der Waals surface area contributed by atoms with E-state index in [4.69, 9.17) is 10.2 Å². The molecule has 19 heavy (non-hydrogen) atoms. The summed E-state index contributed by atoms with van der Waals surface area (Å²) in [6, 6.07) is -3.13. The second kappa shape index (κ2) is 8.30. The molecule has 0 aliphatic rings. The van der Waals surface area contributed by atoms with E-state index in [9.17, 15) is 14.4 Å². The van der Waals surface area contributed by atoms with Crippen molar-refractivity contribution >= 4 is 18.0 Å². The number of carboxylic acid groups (broad SMARTS) is 1. The minimum Gasteiger partial charge on any atom is -0.480 e. The van der Waals surface area contributed by atoms with Crippen LogP contribution >= 0.6 is 0 Å². The largest absolute Gasteiger partial charge is 0.480 e. The van der Waals surface area contributed by atoms with Gasteiger partial charge in [-0.2, -0.15) is 0 Å². The van der Waals surface area contributed by atoms with Gasteiger partial charge in [0.1, 0.15) is 6.04 Å². The van der Waals surface area contributed by atoms with Crippen LogP contribution in [0.1, 0.15) is 20.3 Å². The molecule has 0 aromatic carbocycles. The van der Waals surface area contributed by atoms with Crippen molar-refractivity contribution in [3.63, 3.8) is 0 Å². The Labute approximate surface area is 111 Å². The fourth-order valence-electron chi connectivity index (χ4n) is 1.37. The number of methoxy groups -OCH3 is 1. The molecule has 2 amide bonds. The molecule has 0 aromatic heterocycles. The molecule has 0 saturated heterocycles. The lowest BCUT2D eigenvalue weighted by molar-refractivity contribution is -0.143. The molecule has 0 saturated carbocycles. The lowest BCUT2D eigenvalue weighted by Crippen LogP contribution is -2.52. The Balaban J connectivity index is 4.53. The SMILES string of the molecule is COC(=O)C(CC(C)C)NC(=O)N[C@@H](CO)C(=O)O. The third-order valence-corrected chi connectivity index (χ3v) is 2.28. The number of hydrogen-bond donors (Lipinski definition) is 4. The predicted octanol–water partition coefficient (Wildman–Crippen LogP) is -0.681. The zero-order chi connectivity index (χ0) is 15.0. The predicted molar refractivity (Wildman–Crippen MR) is 65.4 cm³/mol. The van der Waals surface area contributed by atoms with Gasteiger partial charge < -0.3 is 25.6 Å². The minimum absolute atomic E-state index is 0.137. The number of urea groups is 1. The van der Waals surface area contributed by atoms with Crippen LogP contribution in [0.25, 0.3) is 0 Å². The van der Waals surface area contributed by atoms with Gasteiger partial charge in [0, 0.05) is 0 Å². The number of esters is 1. The number of ether oxygens (including phenoxy) is 1. The highest BCUT2D eigenvalue weighted by Crippen LogP contribution is 2.06. The number of aliphatic carboxylic acids is 1. The number of nitrogens with one attached hydrogen (secondary N) is 2. The van der Waals surface area contributed by atoms with Crippen molar-refractivity contribution in [2.45, 2.75) is 32.4 Å². The van der Waals surface area contributed by atoms with E-state index in [2.05, 4.69) is 10.1 Å². The van der Waals surface area contributed by atoms with Gasteiger partial charge in [-0.05, 0) is 12.3 Å². The second-order valence-electron chi connectivity index (χ2n) is 4.40. The smallest absolute Gasteiger partial charge is 0.328 e. The van der Waals surface area contributed by atoms with Gasteiger partial charge >= 0.3 is 18.0 Å². The summed E-state index contributed by atoms with van der Waals surface area (Å²) in [5, 5.41) is 21.8. The number of hydrogen-bond acceptors (Lipinski definition) is 5. The minimum atomic E-state index is -1.42. The van der Waals surface area contributed by atoms with E-state index in [-0.39, 0.29) is 5.92 Å². The number of carboxylic acids is 1. The Kier molecular flexibility index (Phi) is 7.50. The third kappa shape index (κ3) is 6.61. The maximum atomic E-state index is 11.5. The van der Waals surface area contributed by atoms with Crippen molar-refractivity contribution in [1.82, 2.24) is 10.6 Å². The summed E-state index contributed by atoms with van der Waals surface area (Å²) >= 11 is 0. The van der Waals surface area contributed by atoms with Crippen molar-refractivity contribution in [3.8, 4) is 0 Å². The van der Waals surface area contributed by atoms with Crippen molar-refractivity contribution < 1.29 is 29.3 Å². The zero-order valence-electron chi connectivity index (χ0n) is 11.2. The third-order valence-electron chi connectivity index (χ3n) is 2.28.